The molecular formula is C7H11N3O2. The normalized spacial score (nSPS) is 9.75. The molecule has 0 saturated heterocycles. The summed E-state index contributed by atoms with van der Waals surface area (Å²) in [5, 5.41) is 17.8. The molecule has 0 aliphatic heterocycles. The van der Waals surface area contributed by atoms with Crippen LogP contribution in [0.4, 0.5) is 5.82 Å². The number of aromatic amines is 1. The topological polar surface area (TPSA) is 78.0 Å². The molecule has 1 aromatic rings. The number of carbonyl (C=O) groups is 1. The first-order valence-electron chi connectivity index (χ1n) is 3.76. The van der Waals surface area contributed by atoms with Gasteiger partial charge in [0.2, 0.25) is 0 Å². The van der Waals surface area contributed by atoms with Crippen LogP contribution in [0, 0.1) is 0 Å². The molecule has 0 aliphatic carbocycles. The van der Waals surface area contributed by atoms with Gasteiger partial charge < -0.3 is 10.4 Å². The highest BCUT2D eigenvalue weighted by Crippen LogP contribution is 2.09. The van der Waals surface area contributed by atoms with Gasteiger partial charge in [0.15, 0.2) is 0 Å². The van der Waals surface area contributed by atoms with Crippen LogP contribution >= 0.6 is 0 Å². The number of carboxylic acids is 1. The summed E-state index contributed by atoms with van der Waals surface area (Å²) in [5.41, 5.74) is 0.184. The van der Waals surface area contributed by atoms with E-state index in [-0.39, 0.29) is 5.56 Å². The zero-order valence-corrected chi connectivity index (χ0v) is 6.79. The largest absolute Gasteiger partial charge is 0.477 e. The van der Waals surface area contributed by atoms with Gasteiger partial charge in [-0.05, 0) is 6.42 Å². The van der Waals surface area contributed by atoms with Gasteiger partial charge in [0, 0.05) is 6.54 Å². The van der Waals surface area contributed by atoms with E-state index in [2.05, 4.69) is 15.5 Å². The summed E-state index contributed by atoms with van der Waals surface area (Å²) in [6.07, 6.45) is 2.23. The standard InChI is InChI=1S/C7H11N3O2/c1-2-3-8-6-5(7(11)12)4-9-10-6/h4H,2-3H2,1H3,(H,11,12)(H2,8,9,10). The highest BCUT2D eigenvalue weighted by molar-refractivity contribution is 5.92. The molecule has 0 bridgehead atoms. The van der Waals surface area contributed by atoms with Crippen molar-refractivity contribution < 1.29 is 9.90 Å². The molecule has 0 amide bonds. The van der Waals surface area contributed by atoms with Crippen LogP contribution in [0.1, 0.15) is 23.7 Å². The second-order valence-electron chi connectivity index (χ2n) is 2.39. The zero-order chi connectivity index (χ0) is 8.97. The molecule has 12 heavy (non-hydrogen) atoms. The first-order chi connectivity index (χ1) is 5.75. The van der Waals surface area contributed by atoms with Crippen LogP contribution in [0.2, 0.25) is 0 Å². The van der Waals surface area contributed by atoms with E-state index in [1.165, 1.54) is 6.20 Å². The third-order valence-corrected chi connectivity index (χ3v) is 1.42. The Balaban J connectivity index is 2.70. The lowest BCUT2D eigenvalue weighted by molar-refractivity contribution is 0.0698. The minimum absolute atomic E-state index is 0.184. The van der Waals surface area contributed by atoms with Crippen molar-refractivity contribution in [2.75, 3.05) is 11.9 Å². The summed E-state index contributed by atoms with van der Waals surface area (Å²) >= 11 is 0. The predicted molar refractivity (Wildman–Crippen MR) is 44.3 cm³/mol. The summed E-state index contributed by atoms with van der Waals surface area (Å²) in [7, 11) is 0. The molecule has 1 rings (SSSR count). The smallest absolute Gasteiger partial charge is 0.341 e. The molecule has 0 radical (unpaired) electrons. The van der Waals surface area contributed by atoms with Crippen molar-refractivity contribution in [3.63, 3.8) is 0 Å². The van der Waals surface area contributed by atoms with Crippen molar-refractivity contribution >= 4 is 11.8 Å². The Morgan fingerprint density at radius 3 is 3.17 bits per heavy atom. The Morgan fingerprint density at radius 2 is 2.58 bits per heavy atom. The summed E-state index contributed by atoms with van der Waals surface area (Å²) in [5.74, 6) is -0.494. The summed E-state index contributed by atoms with van der Waals surface area (Å²) < 4.78 is 0. The van der Waals surface area contributed by atoms with E-state index in [0.29, 0.717) is 5.82 Å². The fraction of sp³-hybridized carbons (Fsp3) is 0.429. The van der Waals surface area contributed by atoms with Crippen molar-refractivity contribution in [2.45, 2.75) is 13.3 Å². The van der Waals surface area contributed by atoms with E-state index in [0.717, 1.165) is 13.0 Å². The first-order valence-corrected chi connectivity index (χ1v) is 3.76. The molecule has 0 spiro atoms. The molecule has 0 aliphatic rings. The van der Waals surface area contributed by atoms with Crippen LogP contribution in [0.25, 0.3) is 0 Å². The predicted octanol–water partition coefficient (Wildman–Crippen LogP) is 0.930. The van der Waals surface area contributed by atoms with Gasteiger partial charge in [0.1, 0.15) is 11.4 Å². The van der Waals surface area contributed by atoms with Crippen LogP contribution in [0.3, 0.4) is 0 Å². The van der Waals surface area contributed by atoms with Crippen LogP contribution in [-0.2, 0) is 0 Å². The second-order valence-corrected chi connectivity index (χ2v) is 2.39. The molecule has 0 fully saturated rings. The van der Waals surface area contributed by atoms with Crippen molar-refractivity contribution in [3.05, 3.63) is 11.8 Å². The van der Waals surface area contributed by atoms with Crippen LogP contribution in [0.5, 0.6) is 0 Å². The number of hydrogen-bond acceptors (Lipinski definition) is 3. The molecule has 1 aromatic heterocycles. The maximum absolute atomic E-state index is 10.5. The third-order valence-electron chi connectivity index (χ3n) is 1.42. The van der Waals surface area contributed by atoms with E-state index in [9.17, 15) is 4.79 Å². The monoisotopic (exact) mass is 169 g/mol. The number of nitrogens with zero attached hydrogens (tertiary/aromatic N) is 1. The van der Waals surface area contributed by atoms with Gasteiger partial charge in [-0.25, -0.2) is 4.79 Å². The number of carboxylic acid groups (broad SMARTS) is 1. The molecule has 66 valence electrons. The van der Waals surface area contributed by atoms with Crippen LogP contribution in [0.15, 0.2) is 6.20 Å². The van der Waals surface area contributed by atoms with Gasteiger partial charge in [-0.15, -0.1) is 0 Å². The van der Waals surface area contributed by atoms with Crippen molar-refractivity contribution in [1.29, 1.82) is 0 Å². The summed E-state index contributed by atoms with van der Waals surface area (Å²) in [6.45, 7) is 2.74. The third kappa shape index (κ3) is 1.75. The summed E-state index contributed by atoms with van der Waals surface area (Å²) in [6, 6.07) is 0. The molecule has 5 nitrogen and oxygen atoms in total. The Morgan fingerprint density at radius 1 is 1.83 bits per heavy atom. The zero-order valence-electron chi connectivity index (χ0n) is 6.79. The molecule has 0 unspecified atom stereocenters. The lowest BCUT2D eigenvalue weighted by Crippen LogP contribution is -2.05. The van der Waals surface area contributed by atoms with Crippen molar-refractivity contribution in [2.24, 2.45) is 0 Å². The average molecular weight is 169 g/mol. The minimum atomic E-state index is -0.970. The average Bonchev–Trinajstić information content (AvgIpc) is 2.48. The molecule has 0 saturated carbocycles. The van der Waals surface area contributed by atoms with Crippen molar-refractivity contribution in [1.82, 2.24) is 10.2 Å². The van der Waals surface area contributed by atoms with Crippen LogP contribution in [-0.4, -0.2) is 27.8 Å². The molecule has 3 N–H and O–H groups in total. The summed E-state index contributed by atoms with van der Waals surface area (Å²) in [4.78, 5) is 10.5. The number of H-pyrrole nitrogens is 1. The van der Waals surface area contributed by atoms with E-state index >= 15 is 0 Å². The maximum Gasteiger partial charge on any atom is 0.341 e. The van der Waals surface area contributed by atoms with Crippen molar-refractivity contribution in [3.8, 4) is 0 Å². The molecule has 5 heteroatoms. The van der Waals surface area contributed by atoms with Gasteiger partial charge in [-0.2, -0.15) is 5.10 Å². The quantitative estimate of drug-likeness (QED) is 0.626. The van der Waals surface area contributed by atoms with E-state index in [4.69, 9.17) is 5.11 Å². The molecule has 0 atom stereocenters. The lowest BCUT2D eigenvalue weighted by Gasteiger charge is -2.00. The Bertz CT molecular complexity index is 269. The maximum atomic E-state index is 10.5. The van der Waals surface area contributed by atoms with Gasteiger partial charge in [0.05, 0.1) is 6.20 Å². The number of rotatable bonds is 4. The Labute approximate surface area is 69.8 Å². The minimum Gasteiger partial charge on any atom is -0.477 e. The van der Waals surface area contributed by atoms with Gasteiger partial charge in [0.25, 0.3) is 0 Å². The number of aromatic carboxylic acids is 1. The number of anilines is 1. The van der Waals surface area contributed by atoms with Gasteiger partial charge in [-0.3, -0.25) is 5.10 Å². The Hall–Kier alpha value is -1.52. The van der Waals surface area contributed by atoms with E-state index < -0.39 is 5.97 Å². The molecular weight excluding hydrogens is 158 g/mol. The highest BCUT2D eigenvalue weighted by Gasteiger charge is 2.10. The number of nitrogens with one attached hydrogen (secondary N) is 2. The number of hydrogen-bond donors (Lipinski definition) is 3. The van der Waals surface area contributed by atoms with Crippen LogP contribution < -0.4 is 5.32 Å². The fourth-order valence-corrected chi connectivity index (χ4v) is 0.833. The lowest BCUT2D eigenvalue weighted by atomic mass is 10.3. The Kier molecular flexibility index (Phi) is 2.68. The van der Waals surface area contributed by atoms with Gasteiger partial charge in [-0.1, -0.05) is 6.92 Å². The highest BCUT2D eigenvalue weighted by atomic mass is 16.4. The second kappa shape index (κ2) is 3.75. The van der Waals surface area contributed by atoms with Gasteiger partial charge >= 0.3 is 5.97 Å². The SMILES string of the molecule is CCCNc1[nH]ncc1C(=O)O. The number of aromatic nitrogens is 2. The first kappa shape index (κ1) is 8.58. The fourth-order valence-electron chi connectivity index (χ4n) is 0.833. The molecule has 1 heterocycles. The van der Waals surface area contributed by atoms with E-state index in [1.54, 1.807) is 0 Å². The van der Waals surface area contributed by atoms with E-state index in [1.807, 2.05) is 6.92 Å². The molecule has 0 aromatic carbocycles.